The molecule has 2 aromatic rings. The maximum Gasteiger partial charge on any atom is 0.336 e. The Morgan fingerprint density at radius 1 is 1.33 bits per heavy atom. The van der Waals surface area contributed by atoms with Gasteiger partial charge in [-0.3, -0.25) is 4.68 Å². The summed E-state index contributed by atoms with van der Waals surface area (Å²) in [4.78, 5) is 13.7. The van der Waals surface area contributed by atoms with Gasteiger partial charge in [-0.25, -0.2) is 4.79 Å². The fraction of sp³-hybridized carbons (Fsp3) is 0.467. The Morgan fingerprint density at radius 3 is 2.67 bits per heavy atom. The molecule has 1 aliphatic heterocycles. The van der Waals surface area contributed by atoms with Crippen LogP contribution in [0.3, 0.4) is 0 Å². The predicted octanol–water partition coefficient (Wildman–Crippen LogP) is 2.15. The van der Waals surface area contributed by atoms with Gasteiger partial charge in [-0.15, -0.1) is 0 Å². The summed E-state index contributed by atoms with van der Waals surface area (Å²) in [7, 11) is 0. The average molecular weight is 289 g/mol. The Balaban J connectivity index is 2.16. The third kappa shape index (κ3) is 2.47. The van der Waals surface area contributed by atoms with Crippen LogP contribution in [0.2, 0.25) is 0 Å². The molecule has 6 nitrogen and oxygen atoms in total. The van der Waals surface area contributed by atoms with Crippen LogP contribution < -0.4 is 4.90 Å². The lowest BCUT2D eigenvalue weighted by Crippen LogP contribution is -2.36. The van der Waals surface area contributed by atoms with E-state index in [2.05, 4.69) is 10.00 Å². The number of fused-ring (bicyclic) bond motifs is 1. The first-order valence-corrected chi connectivity index (χ1v) is 7.15. The number of aromatic carboxylic acids is 1. The van der Waals surface area contributed by atoms with E-state index in [0.29, 0.717) is 24.2 Å². The molecule has 0 radical (unpaired) electrons. The minimum atomic E-state index is -0.918. The molecule has 112 valence electrons. The van der Waals surface area contributed by atoms with Gasteiger partial charge in [0.2, 0.25) is 0 Å². The van der Waals surface area contributed by atoms with Crippen LogP contribution in [0.1, 0.15) is 30.2 Å². The molecule has 0 aliphatic carbocycles. The minimum absolute atomic E-state index is 0.184. The van der Waals surface area contributed by atoms with E-state index < -0.39 is 5.97 Å². The van der Waals surface area contributed by atoms with Crippen LogP contribution in [0.5, 0.6) is 0 Å². The van der Waals surface area contributed by atoms with Crippen molar-refractivity contribution in [2.75, 3.05) is 31.2 Å². The van der Waals surface area contributed by atoms with Crippen molar-refractivity contribution in [3.8, 4) is 0 Å². The van der Waals surface area contributed by atoms with E-state index in [1.807, 2.05) is 24.6 Å². The molecule has 1 aromatic heterocycles. The number of carboxylic acid groups (broad SMARTS) is 1. The lowest BCUT2D eigenvalue weighted by molar-refractivity contribution is 0.0699. The number of hydrogen-bond acceptors (Lipinski definition) is 4. The summed E-state index contributed by atoms with van der Waals surface area (Å²) in [6.07, 6.45) is 1.64. The lowest BCUT2D eigenvalue weighted by atomic mass is 10.1. The van der Waals surface area contributed by atoms with Crippen LogP contribution in [0.15, 0.2) is 18.3 Å². The Kier molecular flexibility index (Phi) is 3.55. The zero-order valence-electron chi connectivity index (χ0n) is 12.2. The highest BCUT2D eigenvalue weighted by molar-refractivity contribution is 6.04. The topological polar surface area (TPSA) is 67.6 Å². The standard InChI is InChI=1S/C15H19N3O3/c1-10(2)18-14-8-11(17-3-5-21-6-4-17)7-12(15(19)20)13(14)9-16-18/h7-10H,3-6H2,1-2H3,(H,19,20). The van der Waals surface area contributed by atoms with Gasteiger partial charge in [0.1, 0.15) is 0 Å². The van der Waals surface area contributed by atoms with Crippen LogP contribution in [0.25, 0.3) is 10.9 Å². The molecule has 1 saturated heterocycles. The third-order valence-corrected chi connectivity index (χ3v) is 3.80. The predicted molar refractivity (Wildman–Crippen MR) is 80.1 cm³/mol. The fourth-order valence-electron chi connectivity index (χ4n) is 2.72. The number of morpholine rings is 1. The van der Waals surface area contributed by atoms with Crippen LogP contribution in [0, 0.1) is 0 Å². The molecule has 1 aliphatic rings. The van der Waals surface area contributed by atoms with Crippen LogP contribution in [-0.2, 0) is 4.74 Å². The maximum atomic E-state index is 11.5. The van der Waals surface area contributed by atoms with Crippen LogP contribution >= 0.6 is 0 Å². The van der Waals surface area contributed by atoms with Crippen molar-refractivity contribution in [2.24, 2.45) is 0 Å². The van der Waals surface area contributed by atoms with Gasteiger partial charge in [-0.2, -0.15) is 5.10 Å². The van der Waals surface area contributed by atoms with Crippen molar-refractivity contribution in [2.45, 2.75) is 19.9 Å². The number of aromatic nitrogens is 2. The molecule has 1 fully saturated rings. The number of carbonyl (C=O) groups is 1. The van der Waals surface area contributed by atoms with Gasteiger partial charge >= 0.3 is 5.97 Å². The van der Waals surface area contributed by atoms with Crippen molar-refractivity contribution < 1.29 is 14.6 Å². The van der Waals surface area contributed by atoms with E-state index in [-0.39, 0.29) is 6.04 Å². The average Bonchev–Trinajstić information content (AvgIpc) is 2.90. The third-order valence-electron chi connectivity index (χ3n) is 3.80. The van der Waals surface area contributed by atoms with E-state index >= 15 is 0 Å². The number of hydrogen-bond donors (Lipinski definition) is 1. The normalized spacial score (nSPS) is 15.9. The van der Waals surface area contributed by atoms with Gasteiger partial charge in [0, 0.05) is 30.2 Å². The van der Waals surface area contributed by atoms with E-state index in [1.165, 1.54) is 0 Å². The van der Waals surface area contributed by atoms with Crippen molar-refractivity contribution in [3.05, 3.63) is 23.9 Å². The second kappa shape index (κ2) is 5.37. The molecule has 21 heavy (non-hydrogen) atoms. The second-order valence-corrected chi connectivity index (χ2v) is 5.51. The van der Waals surface area contributed by atoms with Crippen LogP contribution in [-0.4, -0.2) is 47.2 Å². The van der Waals surface area contributed by atoms with E-state index in [1.54, 1.807) is 12.3 Å². The first-order chi connectivity index (χ1) is 10.1. The van der Waals surface area contributed by atoms with Gasteiger partial charge in [0.05, 0.1) is 30.5 Å². The highest BCUT2D eigenvalue weighted by Gasteiger charge is 2.19. The summed E-state index contributed by atoms with van der Waals surface area (Å²) in [5.41, 5.74) is 2.10. The first kappa shape index (κ1) is 13.9. The number of nitrogens with zero attached hydrogens (tertiary/aromatic N) is 3. The summed E-state index contributed by atoms with van der Waals surface area (Å²) in [5.74, 6) is -0.918. The molecule has 6 heteroatoms. The van der Waals surface area contributed by atoms with Crippen molar-refractivity contribution in [1.82, 2.24) is 9.78 Å². The van der Waals surface area contributed by atoms with E-state index in [9.17, 15) is 9.90 Å². The molecular formula is C15H19N3O3. The summed E-state index contributed by atoms with van der Waals surface area (Å²) in [6, 6.07) is 3.95. The molecule has 0 atom stereocenters. The number of carboxylic acids is 1. The minimum Gasteiger partial charge on any atom is -0.478 e. The molecule has 0 saturated carbocycles. The smallest absolute Gasteiger partial charge is 0.336 e. The Morgan fingerprint density at radius 2 is 2.05 bits per heavy atom. The summed E-state index contributed by atoms with van der Waals surface area (Å²) >= 11 is 0. The highest BCUT2D eigenvalue weighted by atomic mass is 16.5. The molecule has 2 heterocycles. The zero-order valence-corrected chi connectivity index (χ0v) is 12.2. The molecule has 0 bridgehead atoms. The van der Waals surface area contributed by atoms with Crippen molar-refractivity contribution in [3.63, 3.8) is 0 Å². The molecule has 0 amide bonds. The zero-order chi connectivity index (χ0) is 15.0. The number of benzene rings is 1. The monoisotopic (exact) mass is 289 g/mol. The second-order valence-electron chi connectivity index (χ2n) is 5.51. The summed E-state index contributed by atoms with van der Waals surface area (Å²) in [6.45, 7) is 6.97. The van der Waals surface area contributed by atoms with Gasteiger partial charge in [0.15, 0.2) is 0 Å². The molecule has 1 N–H and O–H groups in total. The summed E-state index contributed by atoms with van der Waals surface area (Å²) in [5, 5.41) is 14.5. The number of rotatable bonds is 3. The largest absolute Gasteiger partial charge is 0.478 e. The molecule has 0 spiro atoms. The maximum absolute atomic E-state index is 11.5. The summed E-state index contributed by atoms with van der Waals surface area (Å²) < 4.78 is 7.22. The van der Waals surface area contributed by atoms with Gasteiger partial charge in [-0.05, 0) is 26.0 Å². The lowest BCUT2D eigenvalue weighted by Gasteiger charge is -2.29. The van der Waals surface area contributed by atoms with Gasteiger partial charge in [0.25, 0.3) is 0 Å². The highest BCUT2D eigenvalue weighted by Crippen LogP contribution is 2.28. The van der Waals surface area contributed by atoms with E-state index in [0.717, 1.165) is 24.3 Å². The Labute approximate surface area is 122 Å². The molecule has 0 unspecified atom stereocenters. The quantitative estimate of drug-likeness (QED) is 0.937. The van der Waals surface area contributed by atoms with Crippen molar-refractivity contribution in [1.29, 1.82) is 0 Å². The first-order valence-electron chi connectivity index (χ1n) is 7.15. The van der Waals surface area contributed by atoms with Gasteiger partial charge < -0.3 is 14.7 Å². The van der Waals surface area contributed by atoms with Crippen LogP contribution in [0.4, 0.5) is 5.69 Å². The Bertz CT molecular complexity index is 672. The van der Waals surface area contributed by atoms with Gasteiger partial charge in [-0.1, -0.05) is 0 Å². The van der Waals surface area contributed by atoms with E-state index in [4.69, 9.17) is 4.74 Å². The fourth-order valence-corrected chi connectivity index (χ4v) is 2.72. The Hall–Kier alpha value is -2.08. The number of ether oxygens (including phenoxy) is 1. The molecule has 3 rings (SSSR count). The SMILES string of the molecule is CC(C)n1ncc2c(C(=O)O)cc(N3CCOCC3)cc21. The molecular weight excluding hydrogens is 270 g/mol. The molecule has 1 aromatic carbocycles. The number of anilines is 1. The van der Waals surface area contributed by atoms with Crippen molar-refractivity contribution >= 4 is 22.6 Å².